The van der Waals surface area contributed by atoms with E-state index in [1.54, 1.807) is 4.68 Å². The fraction of sp³-hybridized carbons (Fsp3) is 0.700. The Morgan fingerprint density at radius 1 is 1.56 bits per heavy atom. The number of hydrogen-bond donors (Lipinski definition) is 1. The van der Waals surface area contributed by atoms with Crippen molar-refractivity contribution in [3.63, 3.8) is 0 Å². The van der Waals surface area contributed by atoms with E-state index in [1.165, 1.54) is 0 Å². The summed E-state index contributed by atoms with van der Waals surface area (Å²) in [5, 5.41) is 16.3. The molecule has 0 bridgehead atoms. The van der Waals surface area contributed by atoms with Crippen molar-refractivity contribution >= 4 is 5.97 Å². The molecule has 0 aliphatic rings. The first-order valence-corrected chi connectivity index (χ1v) is 5.41. The molecule has 6 heteroatoms. The van der Waals surface area contributed by atoms with Crippen LogP contribution in [0, 0.1) is 0 Å². The fourth-order valence-corrected chi connectivity index (χ4v) is 1.20. The predicted molar refractivity (Wildman–Crippen MR) is 57.1 cm³/mol. The van der Waals surface area contributed by atoms with Crippen molar-refractivity contribution in [2.45, 2.75) is 32.7 Å². The van der Waals surface area contributed by atoms with Crippen molar-refractivity contribution in [2.24, 2.45) is 0 Å². The van der Waals surface area contributed by atoms with Gasteiger partial charge in [0, 0.05) is 19.3 Å². The van der Waals surface area contributed by atoms with Crippen LogP contribution in [0.15, 0.2) is 6.20 Å². The van der Waals surface area contributed by atoms with Crippen LogP contribution in [0.25, 0.3) is 0 Å². The Kier molecular flexibility index (Phi) is 5.49. The Morgan fingerprint density at radius 2 is 2.38 bits per heavy atom. The summed E-state index contributed by atoms with van der Waals surface area (Å²) in [6.45, 7) is 3.60. The summed E-state index contributed by atoms with van der Waals surface area (Å²) < 4.78 is 6.93. The van der Waals surface area contributed by atoms with Gasteiger partial charge in [-0.1, -0.05) is 12.1 Å². The number of aliphatic carboxylic acids is 1. The van der Waals surface area contributed by atoms with E-state index < -0.39 is 5.97 Å². The van der Waals surface area contributed by atoms with Gasteiger partial charge in [0.05, 0.1) is 18.7 Å². The van der Waals surface area contributed by atoms with Gasteiger partial charge in [-0.05, 0) is 12.8 Å². The van der Waals surface area contributed by atoms with Crippen LogP contribution < -0.4 is 0 Å². The second-order valence-corrected chi connectivity index (χ2v) is 3.44. The molecule has 0 atom stereocenters. The SMILES string of the molecule is CCc1cn(CCCOCCC(=O)O)nn1. The maximum Gasteiger partial charge on any atom is 0.305 e. The van der Waals surface area contributed by atoms with Crippen molar-refractivity contribution in [2.75, 3.05) is 13.2 Å². The molecule has 1 aromatic rings. The van der Waals surface area contributed by atoms with Gasteiger partial charge in [-0.2, -0.15) is 0 Å². The third kappa shape index (κ3) is 4.88. The molecule has 6 nitrogen and oxygen atoms in total. The van der Waals surface area contributed by atoms with Crippen LogP contribution in [0.2, 0.25) is 0 Å². The molecule has 0 spiro atoms. The summed E-state index contributed by atoms with van der Waals surface area (Å²) in [5.41, 5.74) is 0.979. The molecule has 90 valence electrons. The van der Waals surface area contributed by atoms with E-state index >= 15 is 0 Å². The zero-order valence-corrected chi connectivity index (χ0v) is 9.43. The van der Waals surface area contributed by atoms with E-state index in [0.29, 0.717) is 6.61 Å². The van der Waals surface area contributed by atoms with Gasteiger partial charge >= 0.3 is 5.97 Å². The number of nitrogens with zero attached hydrogens (tertiary/aromatic N) is 3. The van der Waals surface area contributed by atoms with Gasteiger partial charge in [-0.15, -0.1) is 5.10 Å². The maximum absolute atomic E-state index is 10.2. The molecule has 1 heterocycles. The zero-order valence-electron chi connectivity index (χ0n) is 9.43. The summed E-state index contributed by atoms with van der Waals surface area (Å²) in [6.07, 6.45) is 3.67. The Labute approximate surface area is 94.2 Å². The molecule has 0 aliphatic heterocycles. The molecule has 0 saturated carbocycles. The van der Waals surface area contributed by atoms with E-state index in [9.17, 15) is 4.79 Å². The fourth-order valence-electron chi connectivity index (χ4n) is 1.20. The van der Waals surface area contributed by atoms with Gasteiger partial charge in [0.25, 0.3) is 0 Å². The lowest BCUT2D eigenvalue weighted by Gasteiger charge is -2.02. The van der Waals surface area contributed by atoms with Crippen LogP contribution >= 0.6 is 0 Å². The van der Waals surface area contributed by atoms with E-state index in [4.69, 9.17) is 9.84 Å². The zero-order chi connectivity index (χ0) is 11.8. The van der Waals surface area contributed by atoms with Crippen molar-refractivity contribution in [1.82, 2.24) is 15.0 Å². The summed E-state index contributed by atoms with van der Waals surface area (Å²) in [6, 6.07) is 0. The molecule has 0 saturated heterocycles. The minimum absolute atomic E-state index is 0.0588. The van der Waals surface area contributed by atoms with E-state index in [0.717, 1.165) is 25.1 Å². The number of aromatic nitrogens is 3. The van der Waals surface area contributed by atoms with Gasteiger partial charge in [0.2, 0.25) is 0 Å². The van der Waals surface area contributed by atoms with E-state index in [2.05, 4.69) is 10.3 Å². The first-order chi connectivity index (χ1) is 7.72. The topological polar surface area (TPSA) is 77.2 Å². The second kappa shape index (κ2) is 6.95. The lowest BCUT2D eigenvalue weighted by molar-refractivity contribution is -0.138. The highest BCUT2D eigenvalue weighted by atomic mass is 16.5. The molecule has 0 unspecified atom stereocenters. The number of carbonyl (C=O) groups is 1. The van der Waals surface area contributed by atoms with Crippen LogP contribution in [0.3, 0.4) is 0 Å². The smallest absolute Gasteiger partial charge is 0.305 e. The van der Waals surface area contributed by atoms with Crippen molar-refractivity contribution < 1.29 is 14.6 Å². The summed E-state index contributed by atoms with van der Waals surface area (Å²) in [5.74, 6) is -0.830. The Balaban J connectivity index is 2.04. The van der Waals surface area contributed by atoms with Crippen LogP contribution in [0.4, 0.5) is 0 Å². The van der Waals surface area contributed by atoms with Crippen LogP contribution in [-0.4, -0.2) is 39.3 Å². The number of hydrogen-bond acceptors (Lipinski definition) is 4. The van der Waals surface area contributed by atoms with Crippen LogP contribution in [0.5, 0.6) is 0 Å². The third-order valence-electron chi connectivity index (χ3n) is 2.08. The van der Waals surface area contributed by atoms with E-state index in [-0.39, 0.29) is 13.0 Å². The predicted octanol–water partition coefficient (Wildman–Crippen LogP) is 0.722. The Hall–Kier alpha value is -1.43. The number of ether oxygens (including phenoxy) is 1. The minimum Gasteiger partial charge on any atom is -0.481 e. The quantitative estimate of drug-likeness (QED) is 0.662. The average Bonchev–Trinajstić information content (AvgIpc) is 2.70. The lowest BCUT2D eigenvalue weighted by Crippen LogP contribution is -2.06. The largest absolute Gasteiger partial charge is 0.481 e. The second-order valence-electron chi connectivity index (χ2n) is 3.44. The molecule has 0 aromatic carbocycles. The van der Waals surface area contributed by atoms with Gasteiger partial charge < -0.3 is 9.84 Å². The molecule has 1 aromatic heterocycles. The van der Waals surface area contributed by atoms with Crippen molar-refractivity contribution in [1.29, 1.82) is 0 Å². The first kappa shape index (κ1) is 12.6. The molecule has 1 rings (SSSR count). The highest BCUT2D eigenvalue weighted by molar-refractivity contribution is 5.66. The molecule has 1 N–H and O–H groups in total. The van der Waals surface area contributed by atoms with Crippen molar-refractivity contribution in [3.05, 3.63) is 11.9 Å². The number of aryl methyl sites for hydroxylation is 2. The van der Waals surface area contributed by atoms with Gasteiger partial charge in [0.1, 0.15) is 0 Å². The monoisotopic (exact) mass is 227 g/mol. The van der Waals surface area contributed by atoms with Gasteiger partial charge in [-0.3, -0.25) is 9.48 Å². The summed E-state index contributed by atoms with van der Waals surface area (Å²) >= 11 is 0. The normalized spacial score (nSPS) is 10.6. The van der Waals surface area contributed by atoms with E-state index in [1.807, 2.05) is 13.1 Å². The molecular formula is C10H17N3O3. The van der Waals surface area contributed by atoms with Crippen LogP contribution in [-0.2, 0) is 22.5 Å². The van der Waals surface area contributed by atoms with Crippen LogP contribution in [0.1, 0.15) is 25.5 Å². The Morgan fingerprint density at radius 3 is 3.00 bits per heavy atom. The molecule has 0 amide bonds. The first-order valence-electron chi connectivity index (χ1n) is 5.41. The molecule has 0 aliphatic carbocycles. The maximum atomic E-state index is 10.2. The number of carboxylic acid groups (broad SMARTS) is 1. The molecule has 16 heavy (non-hydrogen) atoms. The molecule has 0 radical (unpaired) electrons. The van der Waals surface area contributed by atoms with Gasteiger partial charge in [0.15, 0.2) is 0 Å². The molecular weight excluding hydrogens is 210 g/mol. The highest BCUT2D eigenvalue weighted by Crippen LogP contribution is 1.95. The highest BCUT2D eigenvalue weighted by Gasteiger charge is 1.99. The summed E-state index contributed by atoms with van der Waals surface area (Å²) in [7, 11) is 0. The Bertz CT molecular complexity index is 325. The number of carboxylic acids is 1. The minimum atomic E-state index is -0.830. The average molecular weight is 227 g/mol. The molecule has 0 fully saturated rings. The lowest BCUT2D eigenvalue weighted by atomic mass is 10.4. The standard InChI is InChI=1S/C10H17N3O3/c1-2-9-8-13(12-11-9)5-3-6-16-7-4-10(14)15/h8H,2-7H2,1H3,(H,14,15). The number of rotatable bonds is 8. The van der Waals surface area contributed by atoms with Gasteiger partial charge in [-0.25, -0.2) is 0 Å². The van der Waals surface area contributed by atoms with Crippen molar-refractivity contribution in [3.8, 4) is 0 Å². The third-order valence-corrected chi connectivity index (χ3v) is 2.08. The summed E-state index contributed by atoms with van der Waals surface area (Å²) in [4.78, 5) is 10.2.